The van der Waals surface area contributed by atoms with Crippen LogP contribution in [0, 0.1) is 10.5 Å². The molecule has 1 aliphatic rings. The van der Waals surface area contributed by atoms with Crippen LogP contribution in [-0.4, -0.2) is 30.8 Å². The summed E-state index contributed by atoms with van der Waals surface area (Å²) in [7, 11) is -3.89. The maximum atomic E-state index is 9.75. The molecule has 2 nitrogen and oxygen atoms in total. The highest BCUT2D eigenvalue weighted by atomic mass is 127. The number of hydrogen-bond acceptors (Lipinski definition) is 1. The van der Waals surface area contributed by atoms with Crippen LogP contribution >= 0.6 is 22.6 Å². The van der Waals surface area contributed by atoms with Crippen LogP contribution in [0.2, 0.25) is 0 Å². The lowest BCUT2D eigenvalue weighted by atomic mass is 10.0. The molecule has 0 spiro atoms. The quantitative estimate of drug-likeness (QED) is 0.242. The molecule has 0 bridgehead atoms. The number of benzene rings is 2. The summed E-state index contributed by atoms with van der Waals surface area (Å²) in [5.74, 6) is 0.976. The van der Waals surface area contributed by atoms with Gasteiger partial charge in [-0.2, -0.15) is 4.58 Å². The van der Waals surface area contributed by atoms with Crippen molar-refractivity contribution in [1.29, 1.82) is 0 Å². The molecule has 8 heteroatoms. The third kappa shape index (κ3) is 5.22. The summed E-state index contributed by atoms with van der Waals surface area (Å²) in [6, 6.07) is 17.1. The number of halogens is 5. The van der Waals surface area contributed by atoms with Crippen LogP contribution < -0.4 is 0 Å². The molecule has 2 atom stereocenters. The molecule has 1 aliphatic heterocycles. The molecule has 2 aromatic carbocycles. The van der Waals surface area contributed by atoms with Gasteiger partial charge in [0.05, 0.1) is 5.56 Å². The van der Waals surface area contributed by atoms with Crippen molar-refractivity contribution in [3.63, 3.8) is 0 Å². The first-order chi connectivity index (χ1) is 12.1. The van der Waals surface area contributed by atoms with Crippen molar-refractivity contribution in [2.75, 3.05) is 7.05 Å². The van der Waals surface area contributed by atoms with Gasteiger partial charge in [-0.15, -0.1) is 0 Å². The fraction of sp³-hybridized carbons (Fsp3) is 0.278. The minimum absolute atomic E-state index is 0.0857. The summed E-state index contributed by atoms with van der Waals surface area (Å²) in [6.45, 7) is 4.35. The Labute approximate surface area is 164 Å². The summed E-state index contributed by atoms with van der Waals surface area (Å²) >= 11 is 2.41. The van der Waals surface area contributed by atoms with Crippen LogP contribution in [0.25, 0.3) is 0 Å². The monoisotopic (exact) mass is 479 g/mol. The first-order valence-electron chi connectivity index (χ1n) is 8.03. The molecular weight excluding hydrogens is 460 g/mol. The molecule has 3 rings (SSSR count). The van der Waals surface area contributed by atoms with E-state index in [2.05, 4.69) is 90.5 Å². The zero-order chi connectivity index (χ0) is 19.5. The lowest BCUT2D eigenvalue weighted by Crippen LogP contribution is -2.21. The van der Waals surface area contributed by atoms with Gasteiger partial charge in [0.1, 0.15) is 7.05 Å². The molecule has 0 saturated heterocycles. The Morgan fingerprint density at radius 1 is 1.00 bits per heavy atom. The molecule has 0 aliphatic carbocycles. The normalized spacial score (nSPS) is 19.7. The number of aryl methyl sites for hydroxylation is 1. The van der Waals surface area contributed by atoms with Gasteiger partial charge in [0.25, 0.3) is 0 Å². The number of likely N-dealkylation sites (N-methyl/N-ethyl adjacent to an activating group) is 1. The van der Waals surface area contributed by atoms with E-state index in [1.807, 2.05) is 6.07 Å². The highest BCUT2D eigenvalue weighted by molar-refractivity contribution is 14.1. The summed E-state index contributed by atoms with van der Waals surface area (Å²) in [5, 5.41) is 0. The van der Waals surface area contributed by atoms with E-state index in [-0.39, 0.29) is 6.10 Å². The predicted molar refractivity (Wildman–Crippen MR) is 104 cm³/mol. The Kier molecular flexibility index (Phi) is 6.71. The van der Waals surface area contributed by atoms with Crippen LogP contribution in [0.5, 0.6) is 0 Å². The molecule has 0 amide bonds. The van der Waals surface area contributed by atoms with Crippen molar-refractivity contribution in [3.8, 4) is 0 Å². The topological polar surface area (TPSA) is 12.2 Å². The molecule has 0 aromatic heterocycles. The van der Waals surface area contributed by atoms with Gasteiger partial charge in [-0.1, -0.05) is 42.5 Å². The second kappa shape index (κ2) is 8.41. The van der Waals surface area contributed by atoms with Gasteiger partial charge in [-0.25, -0.2) is 0 Å². The summed E-state index contributed by atoms with van der Waals surface area (Å²) < 4.78 is 48.8. The van der Waals surface area contributed by atoms with Gasteiger partial charge >= 0.3 is 13.2 Å². The highest BCUT2D eigenvalue weighted by Crippen LogP contribution is 2.31. The number of ether oxygens (including phenoxy) is 1. The van der Waals surface area contributed by atoms with E-state index in [0.29, 0.717) is 6.04 Å². The molecular formula is C18H19BF4INO. The lowest BCUT2D eigenvalue weighted by Gasteiger charge is -2.11. The number of nitrogens with zero attached hydrogens (tertiary/aromatic N) is 1. The van der Waals surface area contributed by atoms with Crippen LogP contribution in [0.1, 0.15) is 29.7 Å². The Morgan fingerprint density at radius 3 is 2.15 bits per heavy atom. The Morgan fingerprint density at radius 2 is 1.58 bits per heavy atom. The summed E-state index contributed by atoms with van der Waals surface area (Å²) in [4.78, 5) is 0. The van der Waals surface area contributed by atoms with E-state index in [4.69, 9.17) is 4.74 Å². The molecule has 1 heterocycles. The predicted octanol–water partition coefficient (Wildman–Crippen LogP) is 5.45. The van der Waals surface area contributed by atoms with E-state index < -0.39 is 7.25 Å². The van der Waals surface area contributed by atoms with Gasteiger partial charge in [-0.05, 0) is 46.7 Å². The SMILES string of the molecule is Cc1cccc(C2=[N+](C)[C@H](C)[C@@H](c3ccccc3)O2)c1I.F[B-](F)(F)F. The van der Waals surface area contributed by atoms with Crippen molar-refractivity contribution in [3.05, 3.63) is 68.8 Å². The van der Waals surface area contributed by atoms with Crippen molar-refractivity contribution in [1.82, 2.24) is 0 Å². The maximum Gasteiger partial charge on any atom is 0.673 e. The molecule has 2 aromatic rings. The molecule has 0 fully saturated rings. The molecule has 0 radical (unpaired) electrons. The number of hydrogen-bond donors (Lipinski definition) is 0. The molecule has 0 N–H and O–H groups in total. The van der Waals surface area contributed by atoms with E-state index >= 15 is 0 Å². The lowest BCUT2D eigenvalue weighted by molar-refractivity contribution is -0.527. The van der Waals surface area contributed by atoms with Crippen molar-refractivity contribution in [2.45, 2.75) is 26.0 Å². The second-order valence-corrected chi connectivity index (χ2v) is 7.12. The van der Waals surface area contributed by atoms with Crippen molar-refractivity contribution in [2.24, 2.45) is 0 Å². The minimum atomic E-state index is -6.00. The fourth-order valence-electron chi connectivity index (χ4n) is 2.75. The first-order valence-corrected chi connectivity index (χ1v) is 9.11. The minimum Gasteiger partial charge on any atom is -0.429 e. The van der Waals surface area contributed by atoms with E-state index in [9.17, 15) is 17.3 Å². The van der Waals surface area contributed by atoms with Crippen molar-refractivity contribution >= 4 is 35.7 Å². The van der Waals surface area contributed by atoms with Crippen LogP contribution in [0.4, 0.5) is 17.3 Å². The maximum absolute atomic E-state index is 9.75. The molecule has 0 saturated carbocycles. The third-order valence-electron chi connectivity index (χ3n) is 4.16. The van der Waals surface area contributed by atoms with Crippen molar-refractivity contribution < 1.29 is 26.6 Å². The Bertz CT molecular complexity index is 790. The standard InChI is InChI=1S/C18H19INO.BF4/c1-12-8-7-11-15(16(12)19)18-20(3)13(2)17(21-18)14-9-5-4-6-10-14;2-1(3,4)5/h4-11,13,17H,1-3H3;/q+1;-1/t13-,17+;/m1./s1. The van der Waals surface area contributed by atoms with E-state index in [1.54, 1.807) is 0 Å². The smallest absolute Gasteiger partial charge is 0.429 e. The van der Waals surface area contributed by atoms with Gasteiger partial charge in [0.15, 0.2) is 12.1 Å². The van der Waals surface area contributed by atoms with Crippen LogP contribution in [-0.2, 0) is 4.74 Å². The average molecular weight is 479 g/mol. The van der Waals surface area contributed by atoms with E-state index in [0.717, 1.165) is 5.90 Å². The van der Waals surface area contributed by atoms with Gasteiger partial charge in [0.2, 0.25) is 0 Å². The largest absolute Gasteiger partial charge is 0.673 e. The van der Waals surface area contributed by atoms with E-state index in [1.165, 1.54) is 20.3 Å². The second-order valence-electron chi connectivity index (χ2n) is 6.04. The molecule has 26 heavy (non-hydrogen) atoms. The summed E-state index contributed by atoms with van der Waals surface area (Å²) in [6.07, 6.45) is 0.0857. The van der Waals surface area contributed by atoms with Gasteiger partial charge in [-0.3, -0.25) is 0 Å². The number of rotatable bonds is 2. The van der Waals surface area contributed by atoms with Gasteiger partial charge < -0.3 is 22.0 Å². The fourth-order valence-corrected chi connectivity index (χ4v) is 3.34. The van der Waals surface area contributed by atoms with Crippen LogP contribution in [0.15, 0.2) is 48.5 Å². The third-order valence-corrected chi connectivity index (χ3v) is 5.59. The molecule has 140 valence electrons. The average Bonchev–Trinajstić information content (AvgIpc) is 2.85. The Balaban J connectivity index is 0.000000431. The van der Waals surface area contributed by atoms with Crippen LogP contribution in [0.3, 0.4) is 0 Å². The summed E-state index contributed by atoms with van der Waals surface area (Å²) in [5.41, 5.74) is 3.70. The highest BCUT2D eigenvalue weighted by Gasteiger charge is 2.40. The first kappa shape index (κ1) is 20.7. The molecule has 0 unspecified atom stereocenters. The zero-order valence-corrected chi connectivity index (χ0v) is 16.8. The zero-order valence-electron chi connectivity index (χ0n) is 14.6. The Hall–Kier alpha value is -1.58. The van der Waals surface area contributed by atoms with Gasteiger partial charge in [0, 0.05) is 10.5 Å².